The van der Waals surface area contributed by atoms with Gasteiger partial charge in [-0.25, -0.2) is 0 Å². The van der Waals surface area contributed by atoms with Gasteiger partial charge in [-0.2, -0.15) is 0 Å². The first-order valence-corrected chi connectivity index (χ1v) is 8.67. The van der Waals surface area contributed by atoms with E-state index in [-0.39, 0.29) is 5.54 Å². The predicted octanol–water partition coefficient (Wildman–Crippen LogP) is 6.18. The number of fused-ring (bicyclic) bond motifs is 1. The van der Waals surface area contributed by atoms with Crippen LogP contribution in [-0.2, 0) is 0 Å². The van der Waals surface area contributed by atoms with Gasteiger partial charge in [-0.15, -0.1) is 0 Å². The van der Waals surface area contributed by atoms with Crippen LogP contribution in [0.25, 0.3) is 5.57 Å². The summed E-state index contributed by atoms with van der Waals surface area (Å²) < 4.78 is 0. The van der Waals surface area contributed by atoms with Gasteiger partial charge in [0.25, 0.3) is 0 Å². The molecule has 0 amide bonds. The van der Waals surface area contributed by atoms with Crippen LogP contribution in [-0.4, -0.2) is 12.6 Å². The molecule has 2 rings (SSSR count). The minimum Gasteiger partial charge on any atom is -0.365 e. The average molecular weight is 300 g/mol. The summed E-state index contributed by atoms with van der Waals surface area (Å²) in [6, 6.07) is 0. The van der Waals surface area contributed by atoms with E-state index in [0.717, 1.165) is 0 Å². The van der Waals surface area contributed by atoms with Crippen LogP contribution in [0.5, 0.6) is 0 Å². The van der Waals surface area contributed by atoms with Crippen molar-refractivity contribution in [1.29, 1.82) is 0 Å². The highest BCUT2D eigenvalue weighted by atomic mass is 15.2. The number of likely N-dealkylation sites (N-methyl/N-ethyl adjacent to an activating group) is 1. The molecule has 0 saturated carbocycles. The molecule has 0 radical (unpaired) electrons. The zero-order valence-electron chi connectivity index (χ0n) is 16.0. The highest BCUT2D eigenvalue weighted by Gasteiger charge is 2.41. The van der Waals surface area contributed by atoms with Gasteiger partial charge in [0.1, 0.15) is 0 Å². The Kier molecular flexibility index (Phi) is 4.23. The molecule has 1 atom stereocenters. The highest BCUT2D eigenvalue weighted by molar-refractivity contribution is 5.94. The Morgan fingerprint density at radius 1 is 1.05 bits per heavy atom. The molecule has 0 fully saturated rings. The normalized spacial score (nSPS) is 18.1. The van der Waals surface area contributed by atoms with Crippen molar-refractivity contribution in [3.8, 4) is 0 Å². The molecule has 1 aliphatic rings. The summed E-state index contributed by atoms with van der Waals surface area (Å²) in [6.45, 7) is 23.0. The Labute approximate surface area is 137 Å². The van der Waals surface area contributed by atoms with E-state index in [1.807, 2.05) is 0 Å². The number of hydrogen-bond donors (Lipinski definition) is 0. The fourth-order valence-corrected chi connectivity index (χ4v) is 3.98. The molecule has 1 aliphatic heterocycles. The third-order valence-corrected chi connectivity index (χ3v) is 6.01. The molecule has 122 valence electrons. The lowest BCUT2D eigenvalue weighted by Gasteiger charge is -2.32. The smallest absolute Gasteiger partial charge is 0.0595 e. The fraction of sp³-hybridized carbons (Fsp3) is 0.619. The molecule has 1 unspecified atom stereocenters. The average Bonchev–Trinajstić information content (AvgIpc) is 2.62. The maximum Gasteiger partial charge on any atom is 0.0595 e. The maximum absolute atomic E-state index is 4.50. The second-order valence-electron chi connectivity index (χ2n) is 7.86. The Hall–Kier alpha value is -1.24. The van der Waals surface area contributed by atoms with Gasteiger partial charge in [0.15, 0.2) is 0 Å². The van der Waals surface area contributed by atoms with Crippen LogP contribution in [0.4, 0.5) is 5.69 Å². The van der Waals surface area contributed by atoms with Crippen LogP contribution in [0.15, 0.2) is 6.58 Å². The summed E-state index contributed by atoms with van der Waals surface area (Å²) in [5.74, 6) is 1.12. The van der Waals surface area contributed by atoms with E-state index in [0.29, 0.717) is 11.8 Å². The van der Waals surface area contributed by atoms with Crippen LogP contribution >= 0.6 is 0 Å². The van der Waals surface area contributed by atoms with E-state index in [4.69, 9.17) is 0 Å². The Morgan fingerprint density at radius 2 is 1.59 bits per heavy atom. The summed E-state index contributed by atoms with van der Waals surface area (Å²) in [5.41, 5.74) is 10.1. The van der Waals surface area contributed by atoms with E-state index in [2.05, 4.69) is 73.9 Å². The van der Waals surface area contributed by atoms with Crippen molar-refractivity contribution in [3.05, 3.63) is 34.4 Å². The van der Waals surface area contributed by atoms with E-state index >= 15 is 0 Å². The molecule has 0 aliphatic carbocycles. The predicted molar refractivity (Wildman–Crippen MR) is 100 cm³/mol. The van der Waals surface area contributed by atoms with Crippen LogP contribution < -0.4 is 4.90 Å². The van der Waals surface area contributed by atoms with E-state index < -0.39 is 0 Å². The quantitative estimate of drug-likeness (QED) is 0.644. The molecule has 1 heterocycles. The largest absolute Gasteiger partial charge is 0.365 e. The van der Waals surface area contributed by atoms with Crippen LogP contribution in [0, 0.1) is 13.8 Å². The molecule has 1 aromatic rings. The first kappa shape index (κ1) is 17.1. The summed E-state index contributed by atoms with van der Waals surface area (Å²) in [7, 11) is 2.22. The van der Waals surface area contributed by atoms with Gasteiger partial charge in [0.2, 0.25) is 0 Å². The number of nitrogens with zero attached hydrogens (tertiary/aromatic N) is 1. The van der Waals surface area contributed by atoms with Crippen LogP contribution in [0.1, 0.15) is 87.6 Å². The summed E-state index contributed by atoms with van der Waals surface area (Å²) >= 11 is 0. The van der Waals surface area contributed by atoms with Gasteiger partial charge in [0, 0.05) is 18.3 Å². The SMILES string of the molecule is C=C1c2c(C(C)C)c(C(C)CC)c(C)c(C)c2N(C)C1(C)C. The van der Waals surface area contributed by atoms with Gasteiger partial charge in [-0.1, -0.05) is 34.3 Å². The van der Waals surface area contributed by atoms with Gasteiger partial charge >= 0.3 is 0 Å². The molecular formula is C21H33N. The van der Waals surface area contributed by atoms with E-state index in [9.17, 15) is 0 Å². The summed E-state index contributed by atoms with van der Waals surface area (Å²) in [6.07, 6.45) is 1.19. The zero-order valence-corrected chi connectivity index (χ0v) is 16.0. The fourth-order valence-electron chi connectivity index (χ4n) is 3.98. The van der Waals surface area contributed by atoms with E-state index in [1.165, 1.54) is 39.9 Å². The van der Waals surface area contributed by atoms with Crippen molar-refractivity contribution in [2.24, 2.45) is 0 Å². The number of anilines is 1. The first-order valence-electron chi connectivity index (χ1n) is 8.67. The van der Waals surface area contributed by atoms with E-state index in [1.54, 1.807) is 5.56 Å². The Morgan fingerprint density at radius 3 is 2.05 bits per heavy atom. The number of hydrogen-bond acceptors (Lipinski definition) is 1. The first-order chi connectivity index (χ1) is 10.1. The van der Waals surface area contributed by atoms with Crippen molar-refractivity contribution in [3.63, 3.8) is 0 Å². The van der Waals surface area contributed by atoms with Crippen molar-refractivity contribution in [2.75, 3.05) is 11.9 Å². The monoisotopic (exact) mass is 299 g/mol. The summed E-state index contributed by atoms with van der Waals surface area (Å²) in [4.78, 5) is 2.43. The highest BCUT2D eigenvalue weighted by Crippen LogP contribution is 2.52. The summed E-state index contributed by atoms with van der Waals surface area (Å²) in [5, 5.41) is 0. The Balaban J connectivity index is 2.94. The minimum absolute atomic E-state index is 0.00273. The third-order valence-electron chi connectivity index (χ3n) is 6.01. The standard InChI is InChI=1S/C21H33N/c1-11-13(4)18-14(5)15(6)20-19(17(18)12(2)3)16(7)21(8,9)22(20)10/h12-13H,7,11H2,1-6,8-10H3. The van der Waals surface area contributed by atoms with Crippen molar-refractivity contribution in [1.82, 2.24) is 0 Å². The molecule has 0 saturated heterocycles. The van der Waals surface area contributed by atoms with Crippen LogP contribution in [0.2, 0.25) is 0 Å². The molecule has 1 nitrogen and oxygen atoms in total. The number of benzene rings is 1. The van der Waals surface area contributed by atoms with Crippen molar-refractivity contribution < 1.29 is 0 Å². The zero-order chi connectivity index (χ0) is 17.0. The minimum atomic E-state index is -0.00273. The molecule has 1 heteroatoms. The lowest BCUT2D eigenvalue weighted by atomic mass is 9.78. The third kappa shape index (κ3) is 2.13. The van der Waals surface area contributed by atoms with Gasteiger partial charge < -0.3 is 4.90 Å². The lowest BCUT2D eigenvalue weighted by molar-refractivity contribution is 0.643. The molecule has 0 spiro atoms. The maximum atomic E-state index is 4.50. The molecular weight excluding hydrogens is 266 g/mol. The Bertz CT molecular complexity index is 620. The second kappa shape index (κ2) is 5.44. The lowest BCUT2D eigenvalue weighted by Crippen LogP contribution is -2.37. The van der Waals surface area contributed by atoms with Crippen molar-refractivity contribution in [2.45, 2.75) is 79.2 Å². The molecule has 0 N–H and O–H groups in total. The molecule has 1 aromatic carbocycles. The van der Waals surface area contributed by atoms with Gasteiger partial charge in [-0.05, 0) is 73.8 Å². The second-order valence-corrected chi connectivity index (χ2v) is 7.86. The topological polar surface area (TPSA) is 3.24 Å². The molecule has 22 heavy (non-hydrogen) atoms. The van der Waals surface area contributed by atoms with Gasteiger partial charge in [0.05, 0.1) is 5.54 Å². The number of rotatable bonds is 3. The van der Waals surface area contributed by atoms with Gasteiger partial charge in [-0.3, -0.25) is 0 Å². The molecule has 0 aromatic heterocycles. The molecule has 0 bridgehead atoms. The van der Waals surface area contributed by atoms with Crippen LogP contribution in [0.3, 0.4) is 0 Å². The van der Waals surface area contributed by atoms with Crippen molar-refractivity contribution >= 4 is 11.3 Å².